The number of pyridine rings is 1. The quantitative estimate of drug-likeness (QED) is 0.865. The van der Waals surface area contributed by atoms with E-state index in [0.717, 1.165) is 9.50 Å². The van der Waals surface area contributed by atoms with Crippen LogP contribution >= 0.6 is 39.3 Å². The number of rotatable bonds is 2. The minimum atomic E-state index is -0.351. The lowest BCUT2D eigenvalue weighted by Crippen LogP contribution is -2.07. The average molecular weight is 319 g/mol. The first kappa shape index (κ1) is 11.6. The van der Waals surface area contributed by atoms with Gasteiger partial charge in [0.15, 0.2) is 0 Å². The fourth-order valence-corrected chi connectivity index (χ4v) is 2.14. The van der Waals surface area contributed by atoms with Crippen molar-refractivity contribution in [2.75, 3.05) is 0 Å². The topological polar surface area (TPSA) is 58.6 Å². The number of halogens is 2. The lowest BCUT2D eigenvalue weighted by molar-refractivity contribution is 1.01. The average Bonchev–Trinajstić information content (AvgIpc) is 2.28. The van der Waals surface area contributed by atoms with Crippen LogP contribution in [0.15, 0.2) is 44.0 Å². The van der Waals surface area contributed by atoms with E-state index in [0.29, 0.717) is 5.03 Å². The minimum absolute atomic E-state index is 0.0808. The Balaban J connectivity index is 2.30. The molecule has 0 aliphatic carbocycles. The molecule has 4 nitrogen and oxygen atoms in total. The monoisotopic (exact) mass is 317 g/mol. The molecule has 0 fully saturated rings. The first-order valence-electron chi connectivity index (χ1n) is 4.19. The van der Waals surface area contributed by atoms with E-state index in [9.17, 15) is 4.79 Å². The van der Waals surface area contributed by atoms with Crippen molar-refractivity contribution in [2.45, 2.75) is 10.1 Å². The van der Waals surface area contributed by atoms with Gasteiger partial charge in [0.05, 0.1) is 6.33 Å². The molecule has 2 rings (SSSR count). The van der Waals surface area contributed by atoms with Crippen LogP contribution in [0.3, 0.4) is 0 Å². The maximum Gasteiger partial charge on any atom is 0.270 e. The lowest BCUT2D eigenvalue weighted by Gasteiger charge is -2.00. The minimum Gasteiger partial charge on any atom is -0.312 e. The summed E-state index contributed by atoms with van der Waals surface area (Å²) in [6, 6.07) is 3.67. The lowest BCUT2D eigenvalue weighted by atomic mass is 10.5. The van der Waals surface area contributed by atoms with Gasteiger partial charge in [-0.1, -0.05) is 11.6 Å². The van der Waals surface area contributed by atoms with Crippen molar-refractivity contribution >= 4 is 39.3 Å². The van der Waals surface area contributed by atoms with Crippen LogP contribution in [0.25, 0.3) is 0 Å². The summed E-state index contributed by atoms with van der Waals surface area (Å²) in [6.07, 6.45) is 2.98. The maximum absolute atomic E-state index is 11.2. The molecule has 0 spiro atoms. The second kappa shape index (κ2) is 4.99. The molecule has 0 saturated heterocycles. The van der Waals surface area contributed by atoms with Crippen LogP contribution in [0.1, 0.15) is 0 Å². The third-order valence-corrected chi connectivity index (χ3v) is 3.55. The fraction of sp³-hybridized carbons (Fsp3) is 0. The van der Waals surface area contributed by atoms with E-state index >= 15 is 0 Å². The molecule has 0 aromatic carbocycles. The van der Waals surface area contributed by atoms with Gasteiger partial charge in [0.25, 0.3) is 5.56 Å². The van der Waals surface area contributed by atoms with Crippen molar-refractivity contribution in [3.05, 3.63) is 44.5 Å². The van der Waals surface area contributed by atoms with E-state index in [2.05, 4.69) is 30.9 Å². The summed E-state index contributed by atoms with van der Waals surface area (Å²) in [4.78, 5) is 21.7. The van der Waals surface area contributed by atoms with Crippen molar-refractivity contribution in [2.24, 2.45) is 0 Å². The highest BCUT2D eigenvalue weighted by Gasteiger charge is 2.08. The molecule has 0 amide bonds. The van der Waals surface area contributed by atoms with E-state index < -0.39 is 0 Å². The summed E-state index contributed by atoms with van der Waals surface area (Å²) in [5, 5.41) is 1.25. The van der Waals surface area contributed by atoms with Gasteiger partial charge in [-0.05, 0) is 39.8 Å². The molecule has 0 atom stereocenters. The molecule has 0 aliphatic rings. The SMILES string of the molecule is O=c1[nH]cnc(Sc2ccc(Br)cn2)c1Cl. The Bertz CT molecular complexity index is 557. The normalized spacial score (nSPS) is 10.4. The Morgan fingerprint density at radius 2 is 2.19 bits per heavy atom. The Morgan fingerprint density at radius 1 is 1.38 bits per heavy atom. The summed E-state index contributed by atoms with van der Waals surface area (Å²) < 4.78 is 0.891. The van der Waals surface area contributed by atoms with Gasteiger partial charge in [-0.15, -0.1) is 0 Å². The van der Waals surface area contributed by atoms with E-state index in [1.54, 1.807) is 6.20 Å². The number of H-pyrrole nitrogens is 1. The molecule has 0 bridgehead atoms. The zero-order valence-electron chi connectivity index (χ0n) is 7.78. The summed E-state index contributed by atoms with van der Waals surface area (Å²) in [5.41, 5.74) is -0.351. The first-order valence-corrected chi connectivity index (χ1v) is 6.18. The molecule has 2 heterocycles. The van der Waals surface area contributed by atoms with Crippen LogP contribution in [-0.4, -0.2) is 15.0 Å². The highest BCUT2D eigenvalue weighted by Crippen LogP contribution is 2.28. The highest BCUT2D eigenvalue weighted by atomic mass is 79.9. The van der Waals surface area contributed by atoms with Crippen LogP contribution in [0.2, 0.25) is 5.02 Å². The highest BCUT2D eigenvalue weighted by molar-refractivity contribution is 9.10. The Kier molecular flexibility index (Phi) is 3.63. The molecule has 1 N–H and O–H groups in total. The van der Waals surface area contributed by atoms with Crippen molar-refractivity contribution in [1.29, 1.82) is 0 Å². The van der Waals surface area contributed by atoms with Gasteiger partial charge < -0.3 is 4.98 Å². The third-order valence-electron chi connectivity index (χ3n) is 1.67. The van der Waals surface area contributed by atoms with E-state index in [-0.39, 0.29) is 10.6 Å². The molecular formula is C9H5BrClN3OS. The molecule has 2 aromatic heterocycles. The standard InChI is InChI=1S/C9H5BrClN3OS/c10-5-1-2-6(12-3-5)16-9-7(11)8(15)13-4-14-9/h1-4H,(H,13,14,15). The molecule has 82 valence electrons. The van der Waals surface area contributed by atoms with E-state index in [4.69, 9.17) is 11.6 Å². The number of nitrogens with zero attached hydrogens (tertiary/aromatic N) is 2. The number of nitrogens with one attached hydrogen (secondary N) is 1. The molecule has 16 heavy (non-hydrogen) atoms. The van der Waals surface area contributed by atoms with Gasteiger partial charge in [0.2, 0.25) is 0 Å². The predicted octanol–water partition coefficient (Wildman–Crippen LogP) is 2.73. The van der Waals surface area contributed by atoms with Gasteiger partial charge in [-0.2, -0.15) is 0 Å². The maximum atomic E-state index is 11.2. The predicted molar refractivity (Wildman–Crippen MR) is 65.9 cm³/mol. The second-order valence-electron chi connectivity index (χ2n) is 2.77. The summed E-state index contributed by atoms with van der Waals surface area (Å²) in [7, 11) is 0. The van der Waals surface area contributed by atoms with Gasteiger partial charge >= 0.3 is 0 Å². The summed E-state index contributed by atoms with van der Waals surface area (Å²) >= 11 is 10.3. The van der Waals surface area contributed by atoms with Crippen LogP contribution in [-0.2, 0) is 0 Å². The first-order chi connectivity index (χ1) is 7.66. The molecule has 2 aromatic rings. The van der Waals surface area contributed by atoms with Crippen LogP contribution in [0.4, 0.5) is 0 Å². The third kappa shape index (κ3) is 2.63. The molecule has 0 aliphatic heterocycles. The van der Waals surface area contributed by atoms with Crippen LogP contribution < -0.4 is 5.56 Å². The zero-order chi connectivity index (χ0) is 11.5. The largest absolute Gasteiger partial charge is 0.312 e. The van der Waals surface area contributed by atoms with Crippen molar-refractivity contribution in [3.8, 4) is 0 Å². The molecule has 0 unspecified atom stereocenters. The van der Waals surface area contributed by atoms with Gasteiger partial charge in [0, 0.05) is 10.7 Å². The number of aromatic nitrogens is 3. The van der Waals surface area contributed by atoms with Gasteiger partial charge in [0.1, 0.15) is 15.1 Å². The molecule has 7 heteroatoms. The Morgan fingerprint density at radius 3 is 2.88 bits per heavy atom. The van der Waals surface area contributed by atoms with Crippen molar-refractivity contribution in [3.63, 3.8) is 0 Å². The smallest absolute Gasteiger partial charge is 0.270 e. The van der Waals surface area contributed by atoms with Gasteiger partial charge in [-0.3, -0.25) is 4.79 Å². The second-order valence-corrected chi connectivity index (χ2v) is 5.07. The number of hydrogen-bond donors (Lipinski definition) is 1. The fourth-order valence-electron chi connectivity index (χ4n) is 0.960. The van der Waals surface area contributed by atoms with Crippen molar-refractivity contribution in [1.82, 2.24) is 15.0 Å². The van der Waals surface area contributed by atoms with Crippen LogP contribution in [0, 0.1) is 0 Å². The van der Waals surface area contributed by atoms with Gasteiger partial charge in [-0.25, -0.2) is 9.97 Å². The van der Waals surface area contributed by atoms with E-state index in [1.807, 2.05) is 12.1 Å². The van der Waals surface area contributed by atoms with Crippen molar-refractivity contribution < 1.29 is 0 Å². The molecule has 0 saturated carbocycles. The zero-order valence-corrected chi connectivity index (χ0v) is 10.9. The Hall–Kier alpha value is -0.850. The summed E-state index contributed by atoms with van der Waals surface area (Å²) in [6.45, 7) is 0. The van der Waals surface area contributed by atoms with E-state index in [1.165, 1.54) is 18.1 Å². The van der Waals surface area contributed by atoms with Crippen LogP contribution in [0.5, 0.6) is 0 Å². The molecule has 0 radical (unpaired) electrons. The number of aromatic amines is 1. The summed E-state index contributed by atoms with van der Waals surface area (Å²) in [5.74, 6) is 0. The Labute approximate surface area is 109 Å². The molecular weight excluding hydrogens is 314 g/mol. The number of hydrogen-bond acceptors (Lipinski definition) is 4.